The van der Waals surface area contributed by atoms with E-state index in [0.29, 0.717) is 11.5 Å². The van der Waals surface area contributed by atoms with E-state index in [1.54, 1.807) is 17.7 Å². The molecule has 1 fully saturated rings. The van der Waals surface area contributed by atoms with Gasteiger partial charge in [-0.1, -0.05) is 0 Å². The van der Waals surface area contributed by atoms with E-state index in [1.807, 2.05) is 0 Å². The summed E-state index contributed by atoms with van der Waals surface area (Å²) in [5.41, 5.74) is 1.44. The number of aryl methyl sites for hydroxylation is 1. The zero-order chi connectivity index (χ0) is 12.7. The predicted molar refractivity (Wildman–Crippen MR) is 63.8 cm³/mol. The molecule has 5 heteroatoms. The van der Waals surface area contributed by atoms with Crippen LogP contribution in [-0.4, -0.2) is 22.6 Å². The van der Waals surface area contributed by atoms with Gasteiger partial charge >= 0.3 is 0 Å². The highest BCUT2D eigenvalue weighted by molar-refractivity contribution is 5.39. The fourth-order valence-corrected chi connectivity index (χ4v) is 2.13. The minimum atomic E-state index is -0.430. The van der Waals surface area contributed by atoms with Crippen molar-refractivity contribution in [2.75, 3.05) is 13.1 Å². The summed E-state index contributed by atoms with van der Waals surface area (Å²) in [7, 11) is 0. The largest absolute Gasteiger partial charge is 0.315 e. The fraction of sp³-hybridized carbons (Fsp3) is 0.308. The molecule has 0 saturated carbocycles. The lowest BCUT2D eigenvalue weighted by Crippen LogP contribution is -2.40. The molecular weight excluding hydrogens is 236 g/mol. The van der Waals surface area contributed by atoms with Gasteiger partial charge in [-0.05, 0) is 18.6 Å². The molecule has 0 bridgehead atoms. The molecule has 0 amide bonds. The van der Waals surface area contributed by atoms with Crippen molar-refractivity contribution >= 4 is 0 Å². The van der Waals surface area contributed by atoms with Crippen molar-refractivity contribution in [3.8, 4) is 5.69 Å². The van der Waals surface area contributed by atoms with Crippen LogP contribution >= 0.6 is 0 Å². The third-order valence-electron chi connectivity index (χ3n) is 3.35. The summed E-state index contributed by atoms with van der Waals surface area (Å²) < 4.78 is 29.1. The van der Waals surface area contributed by atoms with E-state index in [9.17, 15) is 8.78 Å². The zero-order valence-electron chi connectivity index (χ0n) is 9.95. The Morgan fingerprint density at radius 2 is 2.06 bits per heavy atom. The summed E-state index contributed by atoms with van der Waals surface area (Å²) in [6.45, 7) is 3.25. The summed E-state index contributed by atoms with van der Waals surface area (Å²) in [6.07, 6.45) is 3.24. The first-order valence-corrected chi connectivity index (χ1v) is 5.86. The summed E-state index contributed by atoms with van der Waals surface area (Å²) in [5.74, 6) is -0.519. The van der Waals surface area contributed by atoms with Gasteiger partial charge in [-0.15, -0.1) is 0 Å². The molecule has 1 aromatic heterocycles. The van der Waals surface area contributed by atoms with Crippen LogP contribution in [0.15, 0.2) is 24.7 Å². The molecule has 18 heavy (non-hydrogen) atoms. The Morgan fingerprint density at radius 1 is 1.28 bits per heavy atom. The van der Waals surface area contributed by atoms with E-state index in [-0.39, 0.29) is 5.69 Å². The maximum Gasteiger partial charge on any atom is 0.147 e. The van der Waals surface area contributed by atoms with Crippen molar-refractivity contribution in [3.63, 3.8) is 0 Å². The molecule has 1 aliphatic heterocycles. The Bertz CT molecular complexity index is 588. The van der Waals surface area contributed by atoms with Crippen molar-refractivity contribution in [1.29, 1.82) is 0 Å². The zero-order valence-corrected chi connectivity index (χ0v) is 9.95. The van der Waals surface area contributed by atoms with E-state index >= 15 is 0 Å². The number of halogens is 2. The SMILES string of the molecule is Cc1cc(F)c(-n2cncc2C2CNC2)cc1F. The summed E-state index contributed by atoms with van der Waals surface area (Å²) >= 11 is 0. The Balaban J connectivity index is 2.09. The molecule has 1 N–H and O–H groups in total. The van der Waals surface area contributed by atoms with Gasteiger partial charge in [0.05, 0.1) is 12.0 Å². The lowest BCUT2D eigenvalue weighted by Gasteiger charge is -2.28. The first-order valence-electron chi connectivity index (χ1n) is 5.86. The number of nitrogens with zero attached hydrogens (tertiary/aromatic N) is 2. The maximum absolute atomic E-state index is 13.9. The average Bonchev–Trinajstić information content (AvgIpc) is 2.70. The standard InChI is InChI=1S/C13H13F2N3/c1-8-2-11(15)12(3-10(8)14)18-7-17-6-13(18)9-4-16-5-9/h2-3,6-7,9,16H,4-5H2,1H3. The van der Waals surface area contributed by atoms with E-state index in [2.05, 4.69) is 10.3 Å². The van der Waals surface area contributed by atoms with E-state index in [0.717, 1.165) is 18.8 Å². The van der Waals surface area contributed by atoms with Gasteiger partial charge in [0, 0.05) is 37.0 Å². The molecule has 2 heterocycles. The molecule has 2 aromatic rings. The molecule has 0 unspecified atom stereocenters. The van der Waals surface area contributed by atoms with Gasteiger partial charge in [-0.2, -0.15) is 0 Å². The molecule has 0 spiro atoms. The minimum Gasteiger partial charge on any atom is -0.315 e. The lowest BCUT2D eigenvalue weighted by atomic mass is 9.99. The molecule has 3 nitrogen and oxygen atoms in total. The Labute approximate surface area is 103 Å². The van der Waals surface area contributed by atoms with Crippen molar-refractivity contribution in [2.24, 2.45) is 0 Å². The molecule has 94 valence electrons. The molecule has 1 aliphatic rings. The van der Waals surface area contributed by atoms with Crippen LogP contribution in [-0.2, 0) is 0 Å². The van der Waals surface area contributed by atoms with E-state index in [1.165, 1.54) is 18.5 Å². The fourth-order valence-electron chi connectivity index (χ4n) is 2.13. The molecular formula is C13H13F2N3. The highest BCUT2D eigenvalue weighted by Gasteiger charge is 2.24. The average molecular weight is 249 g/mol. The monoisotopic (exact) mass is 249 g/mol. The van der Waals surface area contributed by atoms with Gasteiger partial charge in [-0.3, -0.25) is 4.57 Å². The van der Waals surface area contributed by atoms with Crippen LogP contribution in [0.2, 0.25) is 0 Å². The second kappa shape index (κ2) is 4.17. The van der Waals surface area contributed by atoms with Gasteiger partial charge in [0.15, 0.2) is 0 Å². The van der Waals surface area contributed by atoms with Gasteiger partial charge in [0.2, 0.25) is 0 Å². The highest BCUT2D eigenvalue weighted by atomic mass is 19.1. The number of rotatable bonds is 2. The molecule has 0 radical (unpaired) electrons. The summed E-state index contributed by atoms with van der Waals surface area (Å²) in [5, 5.41) is 3.15. The number of aromatic nitrogens is 2. The van der Waals surface area contributed by atoms with Crippen LogP contribution in [0.3, 0.4) is 0 Å². The summed E-state index contributed by atoms with van der Waals surface area (Å²) in [6, 6.07) is 2.44. The van der Waals surface area contributed by atoms with Crippen molar-refractivity contribution in [1.82, 2.24) is 14.9 Å². The minimum absolute atomic E-state index is 0.220. The Morgan fingerprint density at radius 3 is 2.72 bits per heavy atom. The van der Waals surface area contributed by atoms with Crippen LogP contribution in [0.25, 0.3) is 5.69 Å². The first-order chi connectivity index (χ1) is 8.66. The summed E-state index contributed by atoms with van der Waals surface area (Å²) in [4.78, 5) is 4.04. The van der Waals surface area contributed by atoms with Gasteiger partial charge in [-0.25, -0.2) is 13.8 Å². The normalized spacial score (nSPS) is 15.7. The predicted octanol–water partition coefficient (Wildman–Crippen LogP) is 2.15. The molecule has 0 atom stereocenters. The van der Waals surface area contributed by atoms with E-state index < -0.39 is 11.6 Å². The molecule has 1 aromatic carbocycles. The van der Waals surface area contributed by atoms with Gasteiger partial charge < -0.3 is 5.32 Å². The third kappa shape index (κ3) is 1.71. The van der Waals surface area contributed by atoms with Crippen LogP contribution in [0.4, 0.5) is 8.78 Å². The van der Waals surface area contributed by atoms with Crippen LogP contribution in [0.1, 0.15) is 17.2 Å². The number of hydrogen-bond donors (Lipinski definition) is 1. The molecule has 1 saturated heterocycles. The van der Waals surface area contributed by atoms with E-state index in [4.69, 9.17) is 0 Å². The van der Waals surface area contributed by atoms with Crippen LogP contribution in [0, 0.1) is 18.6 Å². The Kier molecular flexibility index (Phi) is 2.63. The lowest BCUT2D eigenvalue weighted by molar-refractivity contribution is 0.434. The molecule has 0 aliphatic carbocycles. The second-order valence-electron chi connectivity index (χ2n) is 4.60. The topological polar surface area (TPSA) is 29.9 Å². The van der Waals surface area contributed by atoms with Crippen LogP contribution in [0.5, 0.6) is 0 Å². The van der Waals surface area contributed by atoms with Crippen molar-refractivity contribution in [3.05, 3.63) is 47.5 Å². The Hall–Kier alpha value is -1.75. The quantitative estimate of drug-likeness (QED) is 0.883. The number of nitrogens with one attached hydrogen (secondary N) is 1. The number of imidazole rings is 1. The van der Waals surface area contributed by atoms with Crippen molar-refractivity contribution in [2.45, 2.75) is 12.8 Å². The van der Waals surface area contributed by atoms with Gasteiger partial charge in [0.1, 0.15) is 11.6 Å². The van der Waals surface area contributed by atoms with Crippen LogP contribution < -0.4 is 5.32 Å². The smallest absolute Gasteiger partial charge is 0.147 e. The second-order valence-corrected chi connectivity index (χ2v) is 4.60. The van der Waals surface area contributed by atoms with Crippen molar-refractivity contribution < 1.29 is 8.78 Å². The maximum atomic E-state index is 13.9. The number of benzene rings is 1. The number of hydrogen-bond acceptors (Lipinski definition) is 2. The van der Waals surface area contributed by atoms with Gasteiger partial charge in [0.25, 0.3) is 0 Å². The first kappa shape index (κ1) is 11.3. The third-order valence-corrected chi connectivity index (χ3v) is 3.35. The molecule has 3 rings (SSSR count). The highest BCUT2D eigenvalue weighted by Crippen LogP contribution is 2.25.